The molecule has 0 saturated heterocycles. The Hall–Kier alpha value is -2.35. The van der Waals surface area contributed by atoms with Crippen molar-refractivity contribution in [2.45, 2.75) is 19.9 Å². The second kappa shape index (κ2) is 9.22. The van der Waals surface area contributed by atoms with E-state index in [4.69, 9.17) is 5.73 Å². The summed E-state index contributed by atoms with van der Waals surface area (Å²) in [7, 11) is 0. The molecule has 0 aliphatic rings. The Morgan fingerprint density at radius 3 is 2.80 bits per heavy atom. The van der Waals surface area contributed by atoms with E-state index in [1.54, 1.807) is 12.5 Å². The van der Waals surface area contributed by atoms with Gasteiger partial charge in [-0.25, -0.2) is 9.98 Å². The highest BCUT2D eigenvalue weighted by Gasteiger charge is 2.03. The maximum absolute atomic E-state index is 6.03. The smallest absolute Gasteiger partial charge is 0.193 e. The summed E-state index contributed by atoms with van der Waals surface area (Å²) >= 11 is 0. The maximum atomic E-state index is 6.03. The third kappa shape index (κ3) is 5.06. The quantitative estimate of drug-likeness (QED) is 0.353. The zero-order valence-electron chi connectivity index (χ0n) is 14.1. The van der Waals surface area contributed by atoms with Gasteiger partial charge in [0.15, 0.2) is 5.96 Å². The number of aliphatic imine (C=N–C) groups is 1. The summed E-state index contributed by atoms with van der Waals surface area (Å²) in [6, 6.07) is 16.3. The Morgan fingerprint density at radius 1 is 1.20 bits per heavy atom. The van der Waals surface area contributed by atoms with Crippen LogP contribution in [-0.2, 0) is 13.0 Å². The number of hydrogen-bond donors (Lipinski definition) is 2. The van der Waals surface area contributed by atoms with Crippen molar-refractivity contribution in [3.05, 3.63) is 78.4 Å². The van der Waals surface area contributed by atoms with Crippen LogP contribution < -0.4 is 11.1 Å². The molecule has 3 N–H and O–H groups in total. The molecule has 0 fully saturated rings. The second-order valence-electron chi connectivity index (χ2n) is 5.48. The first-order chi connectivity index (χ1) is 11.8. The number of anilines is 1. The average molecular weight is 447 g/mol. The van der Waals surface area contributed by atoms with Crippen LogP contribution in [-0.4, -0.2) is 15.5 Å². The summed E-state index contributed by atoms with van der Waals surface area (Å²) in [5.41, 5.74) is 10.4. The molecule has 0 unspecified atom stereocenters. The van der Waals surface area contributed by atoms with Gasteiger partial charge in [0.05, 0.1) is 18.6 Å². The predicted octanol–water partition coefficient (Wildman–Crippen LogP) is 3.98. The van der Waals surface area contributed by atoms with Crippen LogP contribution in [0.1, 0.15) is 18.1 Å². The van der Waals surface area contributed by atoms with Gasteiger partial charge in [-0.3, -0.25) is 0 Å². The number of hydrogen-bond acceptors (Lipinski definition) is 2. The van der Waals surface area contributed by atoms with E-state index in [9.17, 15) is 0 Å². The Kier molecular flexibility index (Phi) is 7.00. The van der Waals surface area contributed by atoms with E-state index in [-0.39, 0.29) is 24.0 Å². The fourth-order valence-corrected chi connectivity index (χ4v) is 2.52. The maximum Gasteiger partial charge on any atom is 0.193 e. The fourth-order valence-electron chi connectivity index (χ4n) is 2.52. The normalized spacial score (nSPS) is 11.0. The zero-order chi connectivity index (χ0) is 16.8. The van der Waals surface area contributed by atoms with Crippen molar-refractivity contribution in [1.29, 1.82) is 0 Å². The van der Waals surface area contributed by atoms with E-state index in [0.29, 0.717) is 12.5 Å². The van der Waals surface area contributed by atoms with Gasteiger partial charge in [-0.1, -0.05) is 37.3 Å². The fraction of sp³-hybridized carbons (Fsp3) is 0.158. The molecule has 0 aliphatic heterocycles. The number of nitrogens with two attached hydrogens (primary N) is 1. The van der Waals surface area contributed by atoms with Gasteiger partial charge in [0.2, 0.25) is 0 Å². The number of halogens is 1. The largest absolute Gasteiger partial charge is 0.370 e. The number of rotatable bonds is 5. The first-order valence-corrected chi connectivity index (χ1v) is 7.98. The van der Waals surface area contributed by atoms with Gasteiger partial charge in [-0.15, -0.1) is 24.0 Å². The SMILES string of the molecule is CCc1cccc(NC(N)=NCc2ccccc2-n2ccnc2)c1.I. The lowest BCUT2D eigenvalue weighted by atomic mass is 10.1. The Bertz CT molecular complexity index is 827. The highest BCUT2D eigenvalue weighted by Crippen LogP contribution is 2.15. The third-order valence-corrected chi connectivity index (χ3v) is 3.80. The first kappa shape index (κ1) is 19.0. The minimum Gasteiger partial charge on any atom is -0.370 e. The molecule has 6 heteroatoms. The second-order valence-corrected chi connectivity index (χ2v) is 5.48. The summed E-state index contributed by atoms with van der Waals surface area (Å²) in [6.45, 7) is 2.63. The molecule has 1 aromatic heterocycles. The summed E-state index contributed by atoms with van der Waals surface area (Å²) in [5, 5.41) is 3.15. The van der Waals surface area contributed by atoms with Gasteiger partial charge in [0, 0.05) is 18.1 Å². The van der Waals surface area contributed by atoms with E-state index in [1.165, 1.54) is 5.56 Å². The monoisotopic (exact) mass is 447 g/mol. The average Bonchev–Trinajstić information content (AvgIpc) is 3.15. The topological polar surface area (TPSA) is 68.2 Å². The molecule has 0 atom stereocenters. The molecule has 1 heterocycles. The van der Waals surface area contributed by atoms with Crippen molar-refractivity contribution >= 4 is 35.6 Å². The summed E-state index contributed by atoms with van der Waals surface area (Å²) in [6.07, 6.45) is 6.45. The van der Waals surface area contributed by atoms with E-state index >= 15 is 0 Å². The molecule has 0 spiro atoms. The lowest BCUT2D eigenvalue weighted by Crippen LogP contribution is -2.22. The van der Waals surface area contributed by atoms with Crippen LogP contribution >= 0.6 is 24.0 Å². The molecule has 0 aliphatic carbocycles. The van der Waals surface area contributed by atoms with Gasteiger partial charge in [-0.2, -0.15) is 0 Å². The minimum absolute atomic E-state index is 0. The number of aryl methyl sites for hydroxylation is 1. The molecule has 0 saturated carbocycles. The molecule has 5 nitrogen and oxygen atoms in total. The molecule has 3 rings (SSSR count). The lowest BCUT2D eigenvalue weighted by molar-refractivity contribution is 0.980. The Balaban J connectivity index is 0.00000225. The molecule has 2 aromatic carbocycles. The van der Waals surface area contributed by atoms with Crippen LogP contribution in [0.3, 0.4) is 0 Å². The molecular weight excluding hydrogens is 425 g/mol. The first-order valence-electron chi connectivity index (χ1n) is 7.98. The molecule has 0 radical (unpaired) electrons. The summed E-state index contributed by atoms with van der Waals surface area (Å²) < 4.78 is 1.97. The van der Waals surface area contributed by atoms with Crippen molar-refractivity contribution in [2.75, 3.05) is 5.32 Å². The summed E-state index contributed by atoms with van der Waals surface area (Å²) in [5.74, 6) is 0.406. The standard InChI is InChI=1S/C19H21N5.HI/c1-2-15-6-5-8-17(12-15)23-19(20)22-13-16-7-3-4-9-18(16)24-11-10-21-14-24;/h3-12,14H,2,13H2,1H3,(H3,20,22,23);1H. The van der Waals surface area contributed by atoms with Gasteiger partial charge >= 0.3 is 0 Å². The number of nitrogens with one attached hydrogen (secondary N) is 1. The number of imidazole rings is 1. The van der Waals surface area contributed by atoms with E-state index in [0.717, 1.165) is 23.4 Å². The van der Waals surface area contributed by atoms with E-state index in [2.05, 4.69) is 34.3 Å². The van der Waals surface area contributed by atoms with Crippen molar-refractivity contribution < 1.29 is 0 Å². The zero-order valence-corrected chi connectivity index (χ0v) is 16.4. The minimum atomic E-state index is 0. The van der Waals surface area contributed by atoms with Crippen LogP contribution in [0, 0.1) is 0 Å². The molecule has 25 heavy (non-hydrogen) atoms. The van der Waals surface area contributed by atoms with Crippen LogP contribution in [0.4, 0.5) is 5.69 Å². The molecule has 3 aromatic rings. The molecule has 130 valence electrons. The highest BCUT2D eigenvalue weighted by atomic mass is 127. The van der Waals surface area contributed by atoms with E-state index in [1.807, 2.05) is 47.2 Å². The van der Waals surface area contributed by atoms with Crippen LogP contribution in [0.25, 0.3) is 5.69 Å². The van der Waals surface area contributed by atoms with Gasteiger partial charge in [0.25, 0.3) is 0 Å². The van der Waals surface area contributed by atoms with Crippen molar-refractivity contribution in [3.63, 3.8) is 0 Å². The molecule has 0 bridgehead atoms. The molecule has 0 amide bonds. The van der Waals surface area contributed by atoms with Crippen LogP contribution in [0.2, 0.25) is 0 Å². The van der Waals surface area contributed by atoms with Gasteiger partial charge < -0.3 is 15.6 Å². The highest BCUT2D eigenvalue weighted by molar-refractivity contribution is 14.0. The van der Waals surface area contributed by atoms with Crippen LogP contribution in [0.15, 0.2) is 72.2 Å². The number of para-hydroxylation sites is 1. The van der Waals surface area contributed by atoms with Crippen molar-refractivity contribution in [2.24, 2.45) is 10.7 Å². The van der Waals surface area contributed by atoms with Gasteiger partial charge in [-0.05, 0) is 35.7 Å². The van der Waals surface area contributed by atoms with Crippen LogP contribution in [0.5, 0.6) is 0 Å². The third-order valence-electron chi connectivity index (χ3n) is 3.80. The predicted molar refractivity (Wildman–Crippen MR) is 114 cm³/mol. The Morgan fingerprint density at radius 2 is 2.04 bits per heavy atom. The number of aromatic nitrogens is 2. The molecular formula is C19H22IN5. The van der Waals surface area contributed by atoms with Crippen molar-refractivity contribution in [1.82, 2.24) is 9.55 Å². The lowest BCUT2D eigenvalue weighted by Gasteiger charge is -2.10. The number of benzene rings is 2. The number of nitrogens with zero attached hydrogens (tertiary/aromatic N) is 3. The van der Waals surface area contributed by atoms with Crippen molar-refractivity contribution in [3.8, 4) is 5.69 Å². The Labute approximate surface area is 165 Å². The van der Waals surface area contributed by atoms with Gasteiger partial charge in [0.1, 0.15) is 0 Å². The number of guanidine groups is 1. The van der Waals surface area contributed by atoms with E-state index < -0.39 is 0 Å². The summed E-state index contributed by atoms with van der Waals surface area (Å²) in [4.78, 5) is 8.56.